The zero-order valence-electron chi connectivity index (χ0n) is 8.66. The molecule has 3 nitrogen and oxygen atoms in total. The topological polar surface area (TPSA) is 41.5 Å². The maximum atomic E-state index is 9.07. The number of aliphatic hydroxyl groups is 1. The summed E-state index contributed by atoms with van der Waals surface area (Å²) in [4.78, 5) is 0. The number of hydrogen-bond acceptors (Lipinski definition) is 3. The lowest BCUT2D eigenvalue weighted by molar-refractivity contribution is 0.208. The average Bonchev–Trinajstić information content (AvgIpc) is 2.17. The van der Waals surface area contributed by atoms with Gasteiger partial charge < -0.3 is 15.2 Å². The van der Waals surface area contributed by atoms with Gasteiger partial charge in [0, 0.05) is 12.2 Å². The molecule has 0 fully saturated rings. The fourth-order valence-corrected chi connectivity index (χ4v) is 1.10. The highest BCUT2D eigenvalue weighted by atomic mass is 16.5. The van der Waals surface area contributed by atoms with E-state index in [1.165, 1.54) is 0 Å². The number of rotatable bonds is 5. The van der Waals surface area contributed by atoms with Crippen LogP contribution >= 0.6 is 0 Å². The van der Waals surface area contributed by atoms with Gasteiger partial charge in [0.25, 0.3) is 0 Å². The Morgan fingerprint density at radius 1 is 1.36 bits per heavy atom. The summed E-state index contributed by atoms with van der Waals surface area (Å²) in [6.45, 7) is 4.95. The van der Waals surface area contributed by atoms with Crippen LogP contribution in [0.5, 0.6) is 5.75 Å². The first-order valence-electron chi connectivity index (χ1n) is 4.87. The van der Waals surface area contributed by atoms with Crippen LogP contribution in [-0.4, -0.2) is 24.4 Å². The number of ether oxygens (including phenoxy) is 1. The first-order valence-corrected chi connectivity index (χ1v) is 4.87. The van der Waals surface area contributed by atoms with Crippen LogP contribution in [0, 0.1) is 0 Å². The fraction of sp³-hybridized carbons (Fsp3) is 0.455. The lowest BCUT2D eigenvalue weighted by atomic mass is 10.3. The minimum atomic E-state index is -0.332. The molecular formula is C11H17NO2. The maximum Gasteiger partial charge on any atom is 0.119 e. The smallest absolute Gasteiger partial charge is 0.119 e. The molecule has 3 heteroatoms. The van der Waals surface area contributed by atoms with E-state index in [-0.39, 0.29) is 6.10 Å². The standard InChI is InChI=1S/C11H17NO2/c1-3-14-11-6-4-10(5-7-11)12-8-9(2)13/h4-7,9,12-13H,3,8H2,1-2H3/t9-/m1/s1. The highest BCUT2D eigenvalue weighted by Gasteiger charge is 1.96. The molecule has 0 heterocycles. The highest BCUT2D eigenvalue weighted by Crippen LogP contribution is 2.15. The van der Waals surface area contributed by atoms with E-state index in [2.05, 4.69) is 5.32 Å². The molecule has 1 aromatic carbocycles. The van der Waals surface area contributed by atoms with Crippen molar-refractivity contribution in [2.45, 2.75) is 20.0 Å². The van der Waals surface area contributed by atoms with Crippen LogP contribution in [0.25, 0.3) is 0 Å². The zero-order chi connectivity index (χ0) is 10.4. The zero-order valence-corrected chi connectivity index (χ0v) is 8.66. The first kappa shape index (κ1) is 10.9. The van der Waals surface area contributed by atoms with E-state index in [1.54, 1.807) is 6.92 Å². The summed E-state index contributed by atoms with van der Waals surface area (Å²) in [5, 5.41) is 12.2. The Bertz CT molecular complexity index is 256. The molecular weight excluding hydrogens is 178 g/mol. The molecule has 0 aliphatic heterocycles. The predicted molar refractivity (Wildman–Crippen MR) is 57.8 cm³/mol. The Morgan fingerprint density at radius 2 is 2.00 bits per heavy atom. The Morgan fingerprint density at radius 3 is 2.50 bits per heavy atom. The average molecular weight is 195 g/mol. The molecule has 0 aliphatic carbocycles. The van der Waals surface area contributed by atoms with Crippen LogP contribution in [0.3, 0.4) is 0 Å². The first-order chi connectivity index (χ1) is 6.72. The lowest BCUT2D eigenvalue weighted by Gasteiger charge is -2.09. The highest BCUT2D eigenvalue weighted by molar-refractivity contribution is 5.46. The molecule has 0 spiro atoms. The van der Waals surface area contributed by atoms with Crippen LogP contribution in [0.2, 0.25) is 0 Å². The van der Waals surface area contributed by atoms with Gasteiger partial charge in [0.1, 0.15) is 5.75 Å². The molecule has 1 atom stereocenters. The normalized spacial score (nSPS) is 12.2. The molecule has 1 aromatic rings. The van der Waals surface area contributed by atoms with E-state index >= 15 is 0 Å². The van der Waals surface area contributed by atoms with E-state index in [0.29, 0.717) is 13.2 Å². The number of anilines is 1. The largest absolute Gasteiger partial charge is 0.494 e. The molecule has 0 amide bonds. The van der Waals surface area contributed by atoms with Crippen LogP contribution in [0.4, 0.5) is 5.69 Å². The van der Waals surface area contributed by atoms with Crippen molar-refractivity contribution >= 4 is 5.69 Å². The van der Waals surface area contributed by atoms with Crippen molar-refractivity contribution in [2.75, 3.05) is 18.5 Å². The summed E-state index contributed by atoms with van der Waals surface area (Å²) < 4.78 is 5.31. The molecule has 2 N–H and O–H groups in total. The number of benzene rings is 1. The third-order valence-corrected chi connectivity index (χ3v) is 1.77. The minimum absolute atomic E-state index is 0.332. The van der Waals surface area contributed by atoms with Crippen molar-refractivity contribution in [1.82, 2.24) is 0 Å². The number of nitrogens with one attached hydrogen (secondary N) is 1. The molecule has 0 saturated heterocycles. The van der Waals surface area contributed by atoms with Crippen LogP contribution in [0.1, 0.15) is 13.8 Å². The fourth-order valence-electron chi connectivity index (χ4n) is 1.10. The Hall–Kier alpha value is -1.22. The van der Waals surface area contributed by atoms with Crippen molar-refractivity contribution in [2.24, 2.45) is 0 Å². The van der Waals surface area contributed by atoms with Crippen LogP contribution in [-0.2, 0) is 0 Å². The van der Waals surface area contributed by atoms with Crippen molar-refractivity contribution in [3.63, 3.8) is 0 Å². The summed E-state index contributed by atoms with van der Waals surface area (Å²) in [5.41, 5.74) is 0.995. The molecule has 0 saturated carbocycles. The lowest BCUT2D eigenvalue weighted by Crippen LogP contribution is -2.15. The van der Waals surface area contributed by atoms with Crippen molar-refractivity contribution in [1.29, 1.82) is 0 Å². The van der Waals surface area contributed by atoms with Crippen molar-refractivity contribution in [3.05, 3.63) is 24.3 Å². The monoisotopic (exact) mass is 195 g/mol. The molecule has 78 valence electrons. The van der Waals surface area contributed by atoms with Gasteiger partial charge in [-0.25, -0.2) is 0 Å². The Balaban J connectivity index is 2.46. The van der Waals surface area contributed by atoms with Gasteiger partial charge in [-0.3, -0.25) is 0 Å². The maximum absolute atomic E-state index is 9.07. The van der Waals surface area contributed by atoms with E-state index in [1.807, 2.05) is 31.2 Å². The minimum Gasteiger partial charge on any atom is -0.494 e. The number of aliphatic hydroxyl groups excluding tert-OH is 1. The van der Waals surface area contributed by atoms with Gasteiger partial charge in [-0.2, -0.15) is 0 Å². The third kappa shape index (κ3) is 3.66. The molecule has 0 aromatic heterocycles. The summed E-state index contributed by atoms with van der Waals surface area (Å²) in [5.74, 6) is 0.870. The molecule has 0 aliphatic rings. The molecule has 0 unspecified atom stereocenters. The van der Waals surface area contributed by atoms with Gasteiger partial charge in [0.2, 0.25) is 0 Å². The molecule has 1 rings (SSSR count). The van der Waals surface area contributed by atoms with E-state index in [4.69, 9.17) is 9.84 Å². The van der Waals surface area contributed by atoms with E-state index in [9.17, 15) is 0 Å². The van der Waals surface area contributed by atoms with E-state index < -0.39 is 0 Å². The molecule has 0 bridgehead atoms. The van der Waals surface area contributed by atoms with Gasteiger partial charge in [0.05, 0.1) is 12.7 Å². The summed E-state index contributed by atoms with van der Waals surface area (Å²) in [7, 11) is 0. The Labute approximate surface area is 84.7 Å². The number of hydrogen-bond donors (Lipinski definition) is 2. The van der Waals surface area contributed by atoms with Gasteiger partial charge >= 0.3 is 0 Å². The van der Waals surface area contributed by atoms with Crippen molar-refractivity contribution in [3.8, 4) is 5.75 Å². The second-order valence-electron chi connectivity index (χ2n) is 3.19. The summed E-state index contributed by atoms with van der Waals surface area (Å²) in [6, 6.07) is 7.70. The summed E-state index contributed by atoms with van der Waals surface area (Å²) in [6.07, 6.45) is -0.332. The van der Waals surface area contributed by atoms with Crippen molar-refractivity contribution < 1.29 is 9.84 Å². The van der Waals surface area contributed by atoms with Gasteiger partial charge in [0.15, 0.2) is 0 Å². The third-order valence-electron chi connectivity index (χ3n) is 1.77. The molecule has 14 heavy (non-hydrogen) atoms. The van der Waals surface area contributed by atoms with Crippen LogP contribution < -0.4 is 10.1 Å². The Kier molecular flexibility index (Phi) is 4.26. The second kappa shape index (κ2) is 5.50. The predicted octanol–water partition coefficient (Wildman–Crippen LogP) is 1.88. The SMILES string of the molecule is CCOc1ccc(NC[C@@H](C)O)cc1. The quantitative estimate of drug-likeness (QED) is 0.753. The van der Waals surface area contributed by atoms with Gasteiger partial charge in [-0.15, -0.1) is 0 Å². The van der Waals surface area contributed by atoms with Gasteiger partial charge in [-0.1, -0.05) is 0 Å². The van der Waals surface area contributed by atoms with E-state index in [0.717, 1.165) is 11.4 Å². The van der Waals surface area contributed by atoms with Gasteiger partial charge in [-0.05, 0) is 38.1 Å². The van der Waals surface area contributed by atoms with Crippen LogP contribution in [0.15, 0.2) is 24.3 Å². The second-order valence-corrected chi connectivity index (χ2v) is 3.19. The summed E-state index contributed by atoms with van der Waals surface area (Å²) >= 11 is 0. The molecule has 0 radical (unpaired) electrons.